The Kier molecular flexibility index (Phi) is 6.81. The van der Waals surface area contributed by atoms with Crippen LogP contribution in [0.5, 0.6) is 17.2 Å². The van der Waals surface area contributed by atoms with E-state index in [0.717, 1.165) is 5.56 Å². The summed E-state index contributed by atoms with van der Waals surface area (Å²) in [5.74, 6) is 1.23. The Labute approximate surface area is 192 Å². The first kappa shape index (κ1) is 22.6. The number of nitrogens with one attached hydrogen (secondary N) is 2. The van der Waals surface area contributed by atoms with Crippen molar-refractivity contribution in [1.29, 1.82) is 0 Å². The summed E-state index contributed by atoms with van der Waals surface area (Å²) < 4.78 is 44.4. The van der Waals surface area contributed by atoms with Crippen molar-refractivity contribution in [1.82, 2.24) is 4.72 Å². The number of sulfonamides is 1. The standard InChI is InChI=1S/C24H24N2O6S/c1-17(18-5-3-2-4-6-18)26-33(28,29)21-10-8-20(9-11-21)32-16-24(27)25-19-7-12-22-23(15-19)31-14-13-30-22/h2-12,15,17,26H,13-14,16H2,1H3,(H,25,27)/t17-/m1/s1. The number of hydrogen-bond acceptors (Lipinski definition) is 6. The van der Waals surface area contributed by atoms with Crippen LogP contribution >= 0.6 is 0 Å². The molecule has 0 radical (unpaired) electrons. The fourth-order valence-electron chi connectivity index (χ4n) is 3.29. The van der Waals surface area contributed by atoms with Gasteiger partial charge in [0.2, 0.25) is 10.0 Å². The maximum absolute atomic E-state index is 12.7. The van der Waals surface area contributed by atoms with E-state index in [9.17, 15) is 13.2 Å². The number of amides is 1. The van der Waals surface area contributed by atoms with Gasteiger partial charge in [0.15, 0.2) is 18.1 Å². The Morgan fingerprint density at radius 2 is 1.67 bits per heavy atom. The molecule has 33 heavy (non-hydrogen) atoms. The molecule has 3 aromatic rings. The fraction of sp³-hybridized carbons (Fsp3) is 0.208. The molecule has 9 heteroatoms. The van der Waals surface area contributed by atoms with Gasteiger partial charge in [-0.2, -0.15) is 0 Å². The van der Waals surface area contributed by atoms with Crippen LogP contribution < -0.4 is 24.2 Å². The van der Waals surface area contributed by atoms with Crippen molar-refractivity contribution in [3.63, 3.8) is 0 Å². The zero-order chi connectivity index (χ0) is 23.3. The largest absolute Gasteiger partial charge is 0.486 e. The van der Waals surface area contributed by atoms with Gasteiger partial charge < -0.3 is 19.5 Å². The second kappa shape index (κ2) is 9.93. The van der Waals surface area contributed by atoms with Crippen molar-refractivity contribution >= 4 is 21.6 Å². The highest BCUT2D eigenvalue weighted by atomic mass is 32.2. The summed E-state index contributed by atoms with van der Waals surface area (Å²) in [5.41, 5.74) is 1.43. The topological polar surface area (TPSA) is 103 Å². The normalized spacial score (nSPS) is 13.7. The van der Waals surface area contributed by atoms with Crippen LogP contribution in [0.3, 0.4) is 0 Å². The monoisotopic (exact) mass is 468 g/mol. The number of fused-ring (bicyclic) bond motifs is 1. The molecule has 0 aliphatic carbocycles. The lowest BCUT2D eigenvalue weighted by molar-refractivity contribution is -0.118. The highest BCUT2D eigenvalue weighted by Crippen LogP contribution is 2.32. The van der Waals surface area contributed by atoms with Crippen molar-refractivity contribution in [3.8, 4) is 17.2 Å². The number of carbonyl (C=O) groups excluding carboxylic acids is 1. The number of carbonyl (C=O) groups is 1. The van der Waals surface area contributed by atoms with E-state index in [0.29, 0.717) is 36.1 Å². The highest BCUT2D eigenvalue weighted by molar-refractivity contribution is 7.89. The zero-order valence-electron chi connectivity index (χ0n) is 18.0. The third-order valence-corrected chi connectivity index (χ3v) is 6.52. The number of anilines is 1. The first-order chi connectivity index (χ1) is 15.9. The maximum atomic E-state index is 12.7. The Morgan fingerprint density at radius 3 is 2.39 bits per heavy atom. The quantitative estimate of drug-likeness (QED) is 0.524. The van der Waals surface area contributed by atoms with Crippen molar-refractivity contribution in [2.24, 2.45) is 0 Å². The van der Waals surface area contributed by atoms with Crippen molar-refractivity contribution in [3.05, 3.63) is 78.4 Å². The lowest BCUT2D eigenvalue weighted by Gasteiger charge is -2.19. The molecular weight excluding hydrogens is 444 g/mol. The van der Waals surface area contributed by atoms with Crippen LogP contribution in [0.1, 0.15) is 18.5 Å². The van der Waals surface area contributed by atoms with Crippen molar-refractivity contribution < 1.29 is 27.4 Å². The van der Waals surface area contributed by atoms with Gasteiger partial charge in [-0.25, -0.2) is 13.1 Å². The van der Waals surface area contributed by atoms with Crippen LogP contribution in [0.15, 0.2) is 77.7 Å². The molecule has 1 heterocycles. The minimum absolute atomic E-state index is 0.110. The second-order valence-corrected chi connectivity index (χ2v) is 9.13. The van der Waals surface area contributed by atoms with Gasteiger partial charge in [0.05, 0.1) is 4.90 Å². The lowest BCUT2D eigenvalue weighted by Crippen LogP contribution is -2.26. The van der Waals surface area contributed by atoms with Gasteiger partial charge in [0.25, 0.3) is 5.91 Å². The molecule has 0 bridgehead atoms. The molecule has 2 N–H and O–H groups in total. The van der Waals surface area contributed by atoms with Gasteiger partial charge in [-0.15, -0.1) is 0 Å². The molecule has 1 amide bonds. The van der Waals surface area contributed by atoms with E-state index in [1.165, 1.54) is 24.3 Å². The predicted molar refractivity (Wildman–Crippen MR) is 123 cm³/mol. The average Bonchev–Trinajstić information content (AvgIpc) is 2.83. The summed E-state index contributed by atoms with van der Waals surface area (Å²) in [6.07, 6.45) is 0. The van der Waals surface area contributed by atoms with Gasteiger partial charge in [0.1, 0.15) is 19.0 Å². The summed E-state index contributed by atoms with van der Waals surface area (Å²) in [7, 11) is -3.71. The molecular formula is C24H24N2O6S. The molecule has 4 rings (SSSR count). The third kappa shape index (κ3) is 5.82. The van der Waals surface area contributed by atoms with Crippen LogP contribution in [0.25, 0.3) is 0 Å². The molecule has 0 saturated carbocycles. The molecule has 0 fully saturated rings. The van der Waals surface area contributed by atoms with E-state index in [1.807, 2.05) is 30.3 Å². The van der Waals surface area contributed by atoms with E-state index < -0.39 is 10.0 Å². The molecule has 1 aliphatic heterocycles. The molecule has 8 nitrogen and oxygen atoms in total. The lowest BCUT2D eigenvalue weighted by atomic mass is 10.1. The Bertz CT molecular complexity index is 1210. The van der Waals surface area contributed by atoms with Crippen molar-refractivity contribution in [2.75, 3.05) is 25.1 Å². The second-order valence-electron chi connectivity index (χ2n) is 7.42. The van der Waals surface area contributed by atoms with Gasteiger partial charge >= 0.3 is 0 Å². The van der Waals surface area contributed by atoms with Gasteiger partial charge in [0, 0.05) is 17.8 Å². The predicted octanol–water partition coefficient (Wildman–Crippen LogP) is 3.51. The molecule has 0 saturated heterocycles. The fourth-order valence-corrected chi connectivity index (χ4v) is 4.52. The Morgan fingerprint density at radius 1 is 0.970 bits per heavy atom. The zero-order valence-corrected chi connectivity index (χ0v) is 18.8. The number of benzene rings is 3. The molecule has 172 valence electrons. The van der Waals surface area contributed by atoms with Gasteiger partial charge in [-0.3, -0.25) is 4.79 Å². The minimum atomic E-state index is -3.71. The van der Waals surface area contributed by atoms with Crippen molar-refractivity contribution in [2.45, 2.75) is 17.9 Å². The van der Waals surface area contributed by atoms with Gasteiger partial charge in [-0.1, -0.05) is 30.3 Å². The van der Waals surface area contributed by atoms with Crippen LogP contribution in [0, 0.1) is 0 Å². The summed E-state index contributed by atoms with van der Waals surface area (Å²) in [6, 6.07) is 20.0. The van der Waals surface area contributed by atoms with Crippen LogP contribution in [-0.2, 0) is 14.8 Å². The Hall–Kier alpha value is -3.56. The van der Waals surface area contributed by atoms with E-state index in [4.69, 9.17) is 14.2 Å². The summed E-state index contributed by atoms with van der Waals surface area (Å²) in [5, 5.41) is 2.73. The molecule has 1 aliphatic rings. The smallest absolute Gasteiger partial charge is 0.262 e. The maximum Gasteiger partial charge on any atom is 0.262 e. The van der Waals surface area contributed by atoms with E-state index in [1.54, 1.807) is 25.1 Å². The SMILES string of the molecule is C[C@@H](NS(=O)(=O)c1ccc(OCC(=O)Nc2ccc3c(c2)OCCO3)cc1)c1ccccc1. The average molecular weight is 469 g/mol. The van der Waals surface area contributed by atoms with Crippen LogP contribution in [-0.4, -0.2) is 34.1 Å². The number of rotatable bonds is 8. The summed E-state index contributed by atoms with van der Waals surface area (Å²) >= 11 is 0. The molecule has 0 unspecified atom stereocenters. The minimum Gasteiger partial charge on any atom is -0.486 e. The summed E-state index contributed by atoms with van der Waals surface area (Å²) in [6.45, 7) is 2.50. The first-order valence-corrected chi connectivity index (χ1v) is 11.9. The number of hydrogen-bond donors (Lipinski definition) is 2. The van der Waals surface area contributed by atoms with Gasteiger partial charge in [-0.05, 0) is 48.9 Å². The third-order valence-electron chi connectivity index (χ3n) is 4.96. The molecule has 1 atom stereocenters. The molecule has 0 spiro atoms. The van der Waals surface area contributed by atoms with E-state index in [2.05, 4.69) is 10.0 Å². The van der Waals surface area contributed by atoms with Crippen LogP contribution in [0.2, 0.25) is 0 Å². The first-order valence-electron chi connectivity index (χ1n) is 10.4. The van der Waals surface area contributed by atoms with Crippen LogP contribution in [0.4, 0.5) is 5.69 Å². The number of ether oxygens (including phenoxy) is 3. The summed E-state index contributed by atoms with van der Waals surface area (Å²) in [4.78, 5) is 12.3. The van der Waals surface area contributed by atoms with E-state index in [-0.39, 0.29) is 23.5 Å². The Balaban J connectivity index is 1.31. The highest BCUT2D eigenvalue weighted by Gasteiger charge is 2.18. The molecule has 3 aromatic carbocycles. The molecule has 0 aromatic heterocycles. The van der Waals surface area contributed by atoms with E-state index >= 15 is 0 Å².